The molecule has 0 saturated carbocycles. The second-order valence-electron chi connectivity index (χ2n) is 5.14. The molecule has 2 atom stereocenters. The van der Waals surface area contributed by atoms with Crippen LogP contribution in [0.15, 0.2) is 18.2 Å². The van der Waals surface area contributed by atoms with Gasteiger partial charge in [0, 0.05) is 11.1 Å². The first-order valence-electron chi connectivity index (χ1n) is 6.70. The largest absolute Gasteiger partial charge is 0.314 e. The number of nitrogens with one attached hydrogen (secondary N) is 1. The van der Waals surface area contributed by atoms with Crippen molar-refractivity contribution in [2.24, 2.45) is 5.92 Å². The lowest BCUT2D eigenvalue weighted by molar-refractivity contribution is 0.419. The highest BCUT2D eigenvalue weighted by Crippen LogP contribution is 2.22. The van der Waals surface area contributed by atoms with Crippen molar-refractivity contribution in [1.82, 2.24) is 5.32 Å². The van der Waals surface area contributed by atoms with Crippen LogP contribution in [0.1, 0.15) is 39.2 Å². The minimum atomic E-state index is -0.269. The fraction of sp³-hybridized carbons (Fsp3) is 0.600. The monoisotopic (exact) mass is 271 g/mol. The number of benzene rings is 1. The minimum Gasteiger partial charge on any atom is -0.314 e. The summed E-state index contributed by atoms with van der Waals surface area (Å²) in [4.78, 5) is 0. The van der Waals surface area contributed by atoms with Gasteiger partial charge in [0.2, 0.25) is 0 Å². The summed E-state index contributed by atoms with van der Waals surface area (Å²) in [5, 5.41) is 4.02. The van der Waals surface area contributed by atoms with Crippen molar-refractivity contribution in [3.63, 3.8) is 0 Å². The molecule has 0 aliphatic rings. The number of rotatable bonds is 7. The van der Waals surface area contributed by atoms with Gasteiger partial charge >= 0.3 is 0 Å². The van der Waals surface area contributed by atoms with E-state index >= 15 is 0 Å². The van der Waals surface area contributed by atoms with Crippen molar-refractivity contribution in [3.8, 4) is 0 Å². The molecule has 102 valence electrons. The molecule has 0 aliphatic heterocycles. The molecular weight excluding hydrogens is 249 g/mol. The van der Waals surface area contributed by atoms with E-state index in [-0.39, 0.29) is 5.82 Å². The van der Waals surface area contributed by atoms with E-state index in [9.17, 15) is 4.39 Å². The van der Waals surface area contributed by atoms with E-state index in [2.05, 4.69) is 26.1 Å². The molecule has 0 amide bonds. The standard InChI is InChI=1S/C15H23ClFN/c1-4-7-18-12(3)8-11(2)9-13-5-6-14(17)10-15(13)16/h5-6,10-12,18H,4,7-9H2,1-3H3. The first kappa shape index (κ1) is 15.5. The normalized spacial score (nSPS) is 14.5. The highest BCUT2D eigenvalue weighted by molar-refractivity contribution is 6.31. The Balaban J connectivity index is 2.46. The van der Waals surface area contributed by atoms with E-state index < -0.39 is 0 Å². The maximum atomic E-state index is 12.9. The molecule has 0 spiro atoms. The zero-order chi connectivity index (χ0) is 13.5. The molecule has 1 N–H and O–H groups in total. The summed E-state index contributed by atoms with van der Waals surface area (Å²) in [7, 11) is 0. The topological polar surface area (TPSA) is 12.0 Å². The predicted octanol–water partition coefficient (Wildman–Crippen LogP) is 4.44. The van der Waals surface area contributed by atoms with Gasteiger partial charge in [0.1, 0.15) is 5.82 Å². The Kier molecular flexibility index (Phi) is 6.66. The van der Waals surface area contributed by atoms with Gasteiger partial charge < -0.3 is 5.32 Å². The average molecular weight is 272 g/mol. The fourth-order valence-electron chi connectivity index (χ4n) is 2.22. The zero-order valence-corrected chi connectivity index (χ0v) is 12.2. The van der Waals surface area contributed by atoms with Crippen molar-refractivity contribution < 1.29 is 4.39 Å². The third-order valence-electron chi connectivity index (χ3n) is 3.08. The molecule has 1 nitrogen and oxygen atoms in total. The first-order chi connectivity index (χ1) is 8.52. The van der Waals surface area contributed by atoms with Crippen LogP contribution < -0.4 is 5.32 Å². The Bertz CT molecular complexity index is 368. The predicted molar refractivity (Wildman–Crippen MR) is 76.7 cm³/mol. The SMILES string of the molecule is CCCNC(C)CC(C)Cc1ccc(F)cc1Cl. The van der Waals surface area contributed by atoms with E-state index in [4.69, 9.17) is 11.6 Å². The molecule has 1 aromatic carbocycles. The van der Waals surface area contributed by atoms with E-state index in [1.807, 2.05) is 0 Å². The lowest BCUT2D eigenvalue weighted by atomic mass is 9.95. The second kappa shape index (κ2) is 7.75. The molecular formula is C15H23ClFN. The van der Waals surface area contributed by atoms with Crippen LogP contribution in [-0.2, 0) is 6.42 Å². The van der Waals surface area contributed by atoms with E-state index in [0.29, 0.717) is 17.0 Å². The van der Waals surface area contributed by atoms with E-state index in [1.165, 1.54) is 12.1 Å². The lowest BCUT2D eigenvalue weighted by Gasteiger charge is -2.19. The molecule has 1 aromatic rings. The van der Waals surface area contributed by atoms with Crippen molar-refractivity contribution in [3.05, 3.63) is 34.6 Å². The zero-order valence-electron chi connectivity index (χ0n) is 11.5. The van der Waals surface area contributed by atoms with Gasteiger partial charge in [-0.25, -0.2) is 4.39 Å². The quantitative estimate of drug-likeness (QED) is 0.773. The maximum Gasteiger partial charge on any atom is 0.124 e. The van der Waals surface area contributed by atoms with Crippen LogP contribution in [-0.4, -0.2) is 12.6 Å². The molecule has 0 radical (unpaired) electrons. The van der Waals surface area contributed by atoms with Crippen molar-refractivity contribution in [1.29, 1.82) is 0 Å². The Labute approximate surface area is 115 Å². The molecule has 3 heteroatoms. The van der Waals surface area contributed by atoms with Crippen LogP contribution in [0.2, 0.25) is 5.02 Å². The molecule has 0 aliphatic carbocycles. The van der Waals surface area contributed by atoms with E-state index in [0.717, 1.165) is 31.4 Å². The molecule has 0 saturated heterocycles. The van der Waals surface area contributed by atoms with Gasteiger partial charge in [-0.05, 0) is 56.3 Å². The van der Waals surface area contributed by atoms with Gasteiger partial charge in [0.05, 0.1) is 0 Å². The summed E-state index contributed by atoms with van der Waals surface area (Å²) in [5.41, 5.74) is 1.04. The third-order valence-corrected chi connectivity index (χ3v) is 3.43. The van der Waals surface area contributed by atoms with Gasteiger partial charge in [0.25, 0.3) is 0 Å². The first-order valence-corrected chi connectivity index (χ1v) is 7.08. The van der Waals surface area contributed by atoms with Crippen LogP contribution in [0.4, 0.5) is 4.39 Å². The summed E-state index contributed by atoms with van der Waals surface area (Å²) in [6.07, 6.45) is 3.16. The molecule has 0 fully saturated rings. The third kappa shape index (κ3) is 5.36. The van der Waals surface area contributed by atoms with Crippen molar-refractivity contribution >= 4 is 11.6 Å². The van der Waals surface area contributed by atoms with Gasteiger partial charge in [-0.15, -0.1) is 0 Å². The van der Waals surface area contributed by atoms with Crippen LogP contribution in [0.25, 0.3) is 0 Å². The Morgan fingerprint density at radius 1 is 1.33 bits per heavy atom. The number of hydrogen-bond acceptors (Lipinski definition) is 1. The van der Waals surface area contributed by atoms with Gasteiger partial charge in [0.15, 0.2) is 0 Å². The van der Waals surface area contributed by atoms with Crippen LogP contribution in [0.5, 0.6) is 0 Å². The Morgan fingerprint density at radius 3 is 2.67 bits per heavy atom. The molecule has 0 aromatic heterocycles. The van der Waals surface area contributed by atoms with Crippen molar-refractivity contribution in [2.45, 2.75) is 46.1 Å². The Morgan fingerprint density at radius 2 is 2.06 bits per heavy atom. The summed E-state index contributed by atoms with van der Waals surface area (Å²) < 4.78 is 12.9. The fourth-order valence-corrected chi connectivity index (χ4v) is 2.47. The number of hydrogen-bond donors (Lipinski definition) is 1. The van der Waals surface area contributed by atoms with Gasteiger partial charge in [-0.1, -0.05) is 31.5 Å². The molecule has 2 unspecified atom stereocenters. The van der Waals surface area contributed by atoms with Crippen LogP contribution in [0.3, 0.4) is 0 Å². The highest BCUT2D eigenvalue weighted by atomic mass is 35.5. The minimum absolute atomic E-state index is 0.269. The van der Waals surface area contributed by atoms with Gasteiger partial charge in [-0.3, -0.25) is 0 Å². The van der Waals surface area contributed by atoms with E-state index in [1.54, 1.807) is 6.07 Å². The molecule has 0 bridgehead atoms. The van der Waals surface area contributed by atoms with Gasteiger partial charge in [-0.2, -0.15) is 0 Å². The van der Waals surface area contributed by atoms with Crippen LogP contribution in [0, 0.1) is 11.7 Å². The van der Waals surface area contributed by atoms with Crippen LogP contribution >= 0.6 is 11.6 Å². The smallest absolute Gasteiger partial charge is 0.124 e. The molecule has 18 heavy (non-hydrogen) atoms. The highest BCUT2D eigenvalue weighted by Gasteiger charge is 2.11. The lowest BCUT2D eigenvalue weighted by Crippen LogP contribution is -2.28. The molecule has 0 heterocycles. The summed E-state index contributed by atoms with van der Waals surface area (Å²) >= 11 is 6.04. The second-order valence-corrected chi connectivity index (χ2v) is 5.54. The summed E-state index contributed by atoms with van der Waals surface area (Å²) in [6.45, 7) is 7.65. The Hall–Kier alpha value is -0.600. The molecule has 1 rings (SSSR count). The summed E-state index contributed by atoms with van der Waals surface area (Å²) in [6, 6.07) is 5.17. The summed E-state index contributed by atoms with van der Waals surface area (Å²) in [5.74, 6) is 0.265. The van der Waals surface area contributed by atoms with Crippen molar-refractivity contribution in [2.75, 3.05) is 6.54 Å². The number of halogens is 2. The maximum absolute atomic E-state index is 12.9. The average Bonchev–Trinajstić information content (AvgIpc) is 2.30.